The fraction of sp³-hybridized carbons (Fsp3) is 0.857. The third kappa shape index (κ3) is 7.88. The lowest BCUT2D eigenvalue weighted by Gasteiger charge is -2.28. The van der Waals surface area contributed by atoms with Crippen LogP contribution in [0.25, 0.3) is 0 Å². The summed E-state index contributed by atoms with van der Waals surface area (Å²) in [5.41, 5.74) is 0. The van der Waals surface area contributed by atoms with E-state index in [0.717, 1.165) is 25.3 Å². The van der Waals surface area contributed by atoms with Crippen molar-refractivity contribution in [1.29, 1.82) is 0 Å². The Labute approximate surface area is 114 Å². The quantitative estimate of drug-likeness (QED) is 0.308. The Morgan fingerprint density at radius 2 is 1.33 bits per heavy atom. The topological polar surface area (TPSA) is 27.7 Å². The molecule has 106 valence electrons. The van der Waals surface area contributed by atoms with Gasteiger partial charge in [0.25, 0.3) is 0 Å². The minimum atomic E-state index is -2.40. The Morgan fingerprint density at radius 3 is 1.78 bits per heavy atom. The summed E-state index contributed by atoms with van der Waals surface area (Å²) >= 11 is 0. The summed E-state index contributed by atoms with van der Waals surface area (Å²) in [6.45, 7) is 7.95. The second kappa shape index (κ2) is 11.7. The zero-order valence-corrected chi connectivity index (χ0v) is 13.2. The maximum absolute atomic E-state index is 5.80. The highest BCUT2D eigenvalue weighted by atomic mass is 28.4. The number of hydrogen-bond donors (Lipinski definition) is 0. The molecule has 0 fully saturated rings. The van der Waals surface area contributed by atoms with Crippen molar-refractivity contribution in [3.63, 3.8) is 0 Å². The highest BCUT2D eigenvalue weighted by Gasteiger charge is 2.39. The third-order valence-corrected chi connectivity index (χ3v) is 5.80. The maximum Gasteiger partial charge on any atom is 0.500 e. The molecular formula is C14H28O3Si. The van der Waals surface area contributed by atoms with Gasteiger partial charge in [0.15, 0.2) is 0 Å². The summed E-state index contributed by atoms with van der Waals surface area (Å²) in [5.74, 6) is 2.67. The van der Waals surface area contributed by atoms with Crippen molar-refractivity contribution < 1.29 is 13.3 Å². The summed E-state index contributed by atoms with van der Waals surface area (Å²) in [6.07, 6.45) is 10.7. The summed E-state index contributed by atoms with van der Waals surface area (Å²) in [5, 5.41) is 0. The largest absolute Gasteiger partial charge is 0.500 e. The van der Waals surface area contributed by atoms with Gasteiger partial charge in [-0.25, -0.2) is 0 Å². The summed E-state index contributed by atoms with van der Waals surface area (Å²) < 4.78 is 17.4. The molecule has 0 unspecified atom stereocenters. The van der Waals surface area contributed by atoms with E-state index in [1.54, 1.807) is 0 Å². The van der Waals surface area contributed by atoms with E-state index in [4.69, 9.17) is 19.7 Å². The SMILES string of the molecule is C#CCCCCCC[Si](OCC)(OCC)OCC. The molecule has 0 bridgehead atoms. The average molecular weight is 272 g/mol. The lowest BCUT2D eigenvalue weighted by atomic mass is 10.2. The Kier molecular flexibility index (Phi) is 11.5. The van der Waals surface area contributed by atoms with Crippen LogP contribution in [0.1, 0.15) is 52.9 Å². The highest BCUT2D eigenvalue weighted by molar-refractivity contribution is 6.60. The molecule has 0 heterocycles. The van der Waals surface area contributed by atoms with Crippen molar-refractivity contribution in [3.05, 3.63) is 0 Å². The average Bonchev–Trinajstić information content (AvgIpc) is 2.35. The van der Waals surface area contributed by atoms with Crippen molar-refractivity contribution in [1.82, 2.24) is 0 Å². The molecule has 0 aromatic rings. The van der Waals surface area contributed by atoms with Gasteiger partial charge >= 0.3 is 8.80 Å². The first kappa shape index (κ1) is 17.7. The molecule has 0 saturated heterocycles. The van der Waals surface area contributed by atoms with E-state index < -0.39 is 8.80 Å². The first-order chi connectivity index (χ1) is 8.74. The van der Waals surface area contributed by atoms with E-state index in [1.165, 1.54) is 12.8 Å². The standard InChI is InChI=1S/C14H28O3Si/c1-5-9-10-11-12-13-14-18(15-6-2,16-7-3)17-8-4/h1H,6-14H2,2-4H3. The van der Waals surface area contributed by atoms with Crippen LogP contribution in [-0.4, -0.2) is 28.6 Å². The molecule has 18 heavy (non-hydrogen) atoms. The van der Waals surface area contributed by atoms with Crippen LogP contribution < -0.4 is 0 Å². The molecule has 0 atom stereocenters. The molecule has 0 aliphatic carbocycles. The van der Waals surface area contributed by atoms with E-state index in [2.05, 4.69) is 5.92 Å². The van der Waals surface area contributed by atoms with Gasteiger partial charge in [-0.1, -0.05) is 12.8 Å². The molecule has 0 aliphatic rings. The van der Waals surface area contributed by atoms with Gasteiger partial charge < -0.3 is 13.3 Å². The van der Waals surface area contributed by atoms with Crippen LogP contribution in [0.15, 0.2) is 0 Å². The van der Waals surface area contributed by atoms with Gasteiger partial charge in [0.1, 0.15) is 0 Å². The molecule has 0 spiro atoms. The number of terminal acetylenes is 1. The fourth-order valence-corrected chi connectivity index (χ4v) is 4.61. The minimum Gasteiger partial charge on any atom is -0.374 e. The van der Waals surface area contributed by atoms with Crippen LogP contribution in [0.4, 0.5) is 0 Å². The molecule has 0 aromatic heterocycles. The van der Waals surface area contributed by atoms with Crippen LogP contribution in [0.2, 0.25) is 6.04 Å². The Hall–Kier alpha value is -0.343. The van der Waals surface area contributed by atoms with Crippen LogP contribution in [0.5, 0.6) is 0 Å². The molecule has 0 N–H and O–H groups in total. The normalized spacial score (nSPS) is 11.4. The molecular weight excluding hydrogens is 244 g/mol. The van der Waals surface area contributed by atoms with Gasteiger partial charge in [-0.3, -0.25) is 0 Å². The second-order valence-corrected chi connectivity index (χ2v) is 6.83. The van der Waals surface area contributed by atoms with Crippen molar-refractivity contribution in [2.24, 2.45) is 0 Å². The highest BCUT2D eigenvalue weighted by Crippen LogP contribution is 2.20. The molecule has 0 rings (SSSR count). The molecule has 0 aromatic carbocycles. The molecule has 0 amide bonds. The fourth-order valence-electron chi connectivity index (χ4n) is 1.92. The lowest BCUT2D eigenvalue weighted by molar-refractivity contribution is 0.0706. The summed E-state index contributed by atoms with van der Waals surface area (Å²) in [4.78, 5) is 0. The summed E-state index contributed by atoms with van der Waals surface area (Å²) in [7, 11) is -2.40. The van der Waals surface area contributed by atoms with E-state index in [1.807, 2.05) is 20.8 Å². The van der Waals surface area contributed by atoms with Gasteiger partial charge in [0.05, 0.1) is 0 Å². The van der Waals surface area contributed by atoms with Crippen molar-refractivity contribution >= 4 is 8.80 Å². The second-order valence-electron chi connectivity index (χ2n) is 4.10. The van der Waals surface area contributed by atoms with Gasteiger partial charge in [-0.05, 0) is 33.6 Å². The Balaban J connectivity index is 4.01. The van der Waals surface area contributed by atoms with Gasteiger partial charge in [-0.15, -0.1) is 12.3 Å². The minimum absolute atomic E-state index is 0.656. The monoisotopic (exact) mass is 272 g/mol. The Morgan fingerprint density at radius 1 is 0.833 bits per heavy atom. The van der Waals surface area contributed by atoms with E-state index >= 15 is 0 Å². The zero-order valence-electron chi connectivity index (χ0n) is 12.2. The molecule has 0 saturated carbocycles. The van der Waals surface area contributed by atoms with E-state index in [-0.39, 0.29) is 0 Å². The van der Waals surface area contributed by atoms with Crippen LogP contribution in [0, 0.1) is 12.3 Å². The predicted molar refractivity (Wildman–Crippen MR) is 77.4 cm³/mol. The molecule has 3 nitrogen and oxygen atoms in total. The van der Waals surface area contributed by atoms with Crippen molar-refractivity contribution in [3.8, 4) is 12.3 Å². The van der Waals surface area contributed by atoms with Gasteiger partial charge in [-0.2, -0.15) is 0 Å². The van der Waals surface area contributed by atoms with Gasteiger partial charge in [0, 0.05) is 32.3 Å². The van der Waals surface area contributed by atoms with Crippen LogP contribution >= 0.6 is 0 Å². The maximum atomic E-state index is 5.80. The number of rotatable bonds is 12. The van der Waals surface area contributed by atoms with Crippen LogP contribution in [-0.2, 0) is 13.3 Å². The summed E-state index contributed by atoms with van der Waals surface area (Å²) in [6, 6.07) is 0.915. The van der Waals surface area contributed by atoms with Crippen LogP contribution in [0.3, 0.4) is 0 Å². The first-order valence-corrected chi connectivity index (χ1v) is 9.03. The molecule has 0 aliphatic heterocycles. The number of hydrogen-bond acceptors (Lipinski definition) is 3. The Bertz CT molecular complexity index is 209. The van der Waals surface area contributed by atoms with Crippen molar-refractivity contribution in [2.45, 2.75) is 58.9 Å². The van der Waals surface area contributed by atoms with E-state index in [9.17, 15) is 0 Å². The predicted octanol–water partition coefficient (Wildman–Crippen LogP) is 3.62. The van der Waals surface area contributed by atoms with Crippen molar-refractivity contribution in [2.75, 3.05) is 19.8 Å². The smallest absolute Gasteiger partial charge is 0.374 e. The van der Waals surface area contributed by atoms with Gasteiger partial charge in [0.2, 0.25) is 0 Å². The third-order valence-electron chi connectivity index (χ3n) is 2.65. The number of unbranched alkanes of at least 4 members (excludes halogenated alkanes) is 4. The molecule has 0 radical (unpaired) electrons. The lowest BCUT2D eigenvalue weighted by Crippen LogP contribution is -2.45. The first-order valence-electron chi connectivity index (χ1n) is 7.10. The molecule has 4 heteroatoms. The zero-order chi connectivity index (χ0) is 13.7. The van der Waals surface area contributed by atoms with E-state index in [0.29, 0.717) is 19.8 Å².